The molecule has 1 aliphatic rings. The van der Waals surface area contributed by atoms with E-state index in [1.54, 1.807) is 54.6 Å². The van der Waals surface area contributed by atoms with E-state index in [0.717, 1.165) is 19.4 Å². The molecule has 1 aliphatic heterocycles. The Bertz CT molecular complexity index is 866. The van der Waals surface area contributed by atoms with E-state index in [9.17, 15) is 13.2 Å². The monoisotopic (exact) mass is 372 g/mol. The summed E-state index contributed by atoms with van der Waals surface area (Å²) in [7, 11) is -3.43. The van der Waals surface area contributed by atoms with Gasteiger partial charge in [-0.1, -0.05) is 30.3 Å². The lowest BCUT2D eigenvalue weighted by atomic mass is 9.99. The Kier molecular flexibility index (Phi) is 5.74. The topological polar surface area (TPSA) is 75.3 Å². The predicted molar refractivity (Wildman–Crippen MR) is 102 cm³/mol. The number of benzene rings is 2. The van der Waals surface area contributed by atoms with E-state index in [-0.39, 0.29) is 28.6 Å². The molecule has 2 N–H and O–H groups in total. The number of hydrogen-bond acceptors (Lipinski definition) is 4. The first-order valence-electron chi connectivity index (χ1n) is 8.87. The molecule has 0 radical (unpaired) electrons. The maximum Gasteiger partial charge on any atom is 0.251 e. The Morgan fingerprint density at radius 3 is 2.65 bits per heavy atom. The Hall–Kier alpha value is -2.18. The van der Waals surface area contributed by atoms with Gasteiger partial charge in [0.2, 0.25) is 0 Å². The number of amides is 1. The highest BCUT2D eigenvalue weighted by Gasteiger charge is 2.23. The highest BCUT2D eigenvalue weighted by Crippen LogP contribution is 2.17. The maximum absolute atomic E-state index is 12.6. The lowest BCUT2D eigenvalue weighted by Gasteiger charge is -2.30. The summed E-state index contributed by atoms with van der Waals surface area (Å²) in [6.07, 6.45) is 1.98. The van der Waals surface area contributed by atoms with Gasteiger partial charge in [-0.3, -0.25) is 4.79 Å². The predicted octanol–water partition coefficient (Wildman–Crippen LogP) is 2.53. The Morgan fingerprint density at radius 1 is 1.15 bits per heavy atom. The van der Waals surface area contributed by atoms with Gasteiger partial charge in [0.1, 0.15) is 0 Å². The van der Waals surface area contributed by atoms with Gasteiger partial charge in [0, 0.05) is 17.6 Å². The highest BCUT2D eigenvalue weighted by atomic mass is 32.2. The summed E-state index contributed by atoms with van der Waals surface area (Å²) >= 11 is 0. The highest BCUT2D eigenvalue weighted by molar-refractivity contribution is 7.90. The number of rotatable bonds is 5. The minimum atomic E-state index is -3.43. The summed E-state index contributed by atoms with van der Waals surface area (Å²) < 4.78 is 25.1. The van der Waals surface area contributed by atoms with Crippen LogP contribution >= 0.6 is 0 Å². The zero-order chi connectivity index (χ0) is 18.6. The minimum absolute atomic E-state index is 0.0907. The third kappa shape index (κ3) is 4.51. The molecule has 2 atom stereocenters. The van der Waals surface area contributed by atoms with Crippen LogP contribution in [0.5, 0.6) is 0 Å². The molecule has 1 amide bonds. The zero-order valence-electron chi connectivity index (χ0n) is 14.8. The molecule has 2 aromatic rings. The van der Waals surface area contributed by atoms with Crippen molar-refractivity contribution in [2.24, 2.45) is 0 Å². The molecule has 5 nitrogen and oxygen atoms in total. The second-order valence-corrected chi connectivity index (χ2v) is 8.73. The molecule has 1 saturated heterocycles. The fourth-order valence-electron chi connectivity index (χ4n) is 3.23. The normalized spacial score (nSPS) is 20.5. The van der Waals surface area contributed by atoms with Crippen molar-refractivity contribution in [3.63, 3.8) is 0 Å². The first-order valence-corrected chi connectivity index (χ1v) is 10.5. The van der Waals surface area contributed by atoms with Gasteiger partial charge >= 0.3 is 0 Å². The van der Waals surface area contributed by atoms with Crippen LogP contribution in [0.2, 0.25) is 0 Å². The van der Waals surface area contributed by atoms with Gasteiger partial charge in [-0.15, -0.1) is 0 Å². The van der Waals surface area contributed by atoms with Crippen molar-refractivity contribution in [1.82, 2.24) is 10.6 Å². The molecule has 0 aromatic heterocycles. The van der Waals surface area contributed by atoms with E-state index in [4.69, 9.17) is 0 Å². The molecule has 0 aliphatic carbocycles. The number of hydrogen-bond donors (Lipinski definition) is 2. The summed E-state index contributed by atoms with van der Waals surface area (Å²) in [4.78, 5) is 12.8. The molecule has 0 saturated carbocycles. The standard InChI is InChI=1S/C20H24N2O3S/c1-15-19(11-6-12-21-15)22-20(23)17-8-5-7-16(13-17)14-26(24,25)18-9-3-2-4-10-18/h2-5,7-10,13,15,19,21H,6,11-12,14H2,1H3,(H,22,23). The fourth-order valence-corrected chi connectivity index (χ4v) is 4.58. The summed E-state index contributed by atoms with van der Waals surface area (Å²) in [6, 6.07) is 15.5. The van der Waals surface area contributed by atoms with Gasteiger partial charge in [0.05, 0.1) is 10.6 Å². The smallest absolute Gasteiger partial charge is 0.251 e. The molecule has 3 rings (SSSR count). The van der Waals surface area contributed by atoms with Crippen LogP contribution < -0.4 is 10.6 Å². The molecule has 138 valence electrons. The SMILES string of the molecule is CC1NCCCC1NC(=O)c1cccc(CS(=O)(=O)c2ccccc2)c1. The van der Waals surface area contributed by atoms with Crippen LogP contribution in [0.3, 0.4) is 0 Å². The maximum atomic E-state index is 12.6. The average molecular weight is 372 g/mol. The van der Waals surface area contributed by atoms with Gasteiger partial charge in [-0.25, -0.2) is 8.42 Å². The molecular weight excluding hydrogens is 348 g/mol. The number of carbonyl (C=O) groups is 1. The number of sulfone groups is 1. The lowest BCUT2D eigenvalue weighted by molar-refractivity contribution is 0.0919. The fraction of sp³-hybridized carbons (Fsp3) is 0.350. The Morgan fingerprint density at radius 2 is 1.92 bits per heavy atom. The minimum Gasteiger partial charge on any atom is -0.348 e. The largest absolute Gasteiger partial charge is 0.348 e. The molecule has 1 heterocycles. The molecule has 6 heteroatoms. The van der Waals surface area contributed by atoms with Crippen molar-refractivity contribution in [2.45, 2.75) is 42.5 Å². The second kappa shape index (κ2) is 8.01. The number of carbonyl (C=O) groups excluding carboxylic acids is 1. The van der Waals surface area contributed by atoms with E-state index in [1.807, 2.05) is 0 Å². The van der Waals surface area contributed by atoms with Crippen LogP contribution in [0.4, 0.5) is 0 Å². The van der Waals surface area contributed by atoms with Crippen molar-refractivity contribution < 1.29 is 13.2 Å². The first-order chi connectivity index (χ1) is 12.5. The summed E-state index contributed by atoms with van der Waals surface area (Å²) in [5.41, 5.74) is 1.10. The summed E-state index contributed by atoms with van der Waals surface area (Å²) in [5.74, 6) is -0.288. The van der Waals surface area contributed by atoms with Gasteiger partial charge in [-0.05, 0) is 56.1 Å². The quantitative estimate of drug-likeness (QED) is 0.846. The van der Waals surface area contributed by atoms with Crippen LogP contribution in [-0.2, 0) is 15.6 Å². The zero-order valence-corrected chi connectivity index (χ0v) is 15.6. The molecule has 26 heavy (non-hydrogen) atoms. The van der Waals surface area contributed by atoms with Gasteiger partial charge in [0.15, 0.2) is 9.84 Å². The third-order valence-corrected chi connectivity index (χ3v) is 6.43. The molecule has 1 fully saturated rings. The van der Waals surface area contributed by atoms with E-state index in [1.165, 1.54) is 0 Å². The second-order valence-electron chi connectivity index (χ2n) is 6.74. The van der Waals surface area contributed by atoms with Crippen molar-refractivity contribution in [3.8, 4) is 0 Å². The van der Waals surface area contributed by atoms with Crippen LogP contribution in [-0.4, -0.2) is 33.0 Å². The van der Waals surface area contributed by atoms with Gasteiger partial charge in [-0.2, -0.15) is 0 Å². The molecule has 0 spiro atoms. The van der Waals surface area contributed by atoms with Crippen molar-refractivity contribution in [2.75, 3.05) is 6.54 Å². The molecule has 0 bridgehead atoms. The van der Waals surface area contributed by atoms with Crippen LogP contribution in [0, 0.1) is 0 Å². The number of piperidine rings is 1. The van der Waals surface area contributed by atoms with E-state index >= 15 is 0 Å². The van der Waals surface area contributed by atoms with Gasteiger partial charge < -0.3 is 10.6 Å². The van der Waals surface area contributed by atoms with Crippen LogP contribution in [0.15, 0.2) is 59.5 Å². The van der Waals surface area contributed by atoms with E-state index < -0.39 is 9.84 Å². The van der Waals surface area contributed by atoms with Crippen molar-refractivity contribution >= 4 is 15.7 Å². The molecular formula is C20H24N2O3S. The number of nitrogens with one attached hydrogen (secondary N) is 2. The Labute approximate surface area is 154 Å². The third-order valence-electron chi connectivity index (χ3n) is 4.73. The van der Waals surface area contributed by atoms with Gasteiger partial charge in [0.25, 0.3) is 5.91 Å². The van der Waals surface area contributed by atoms with E-state index in [2.05, 4.69) is 17.6 Å². The summed E-state index contributed by atoms with van der Waals surface area (Å²) in [5, 5.41) is 6.41. The summed E-state index contributed by atoms with van der Waals surface area (Å²) in [6.45, 7) is 3.04. The average Bonchev–Trinajstić information content (AvgIpc) is 2.64. The van der Waals surface area contributed by atoms with E-state index in [0.29, 0.717) is 11.1 Å². The van der Waals surface area contributed by atoms with Crippen LogP contribution in [0.25, 0.3) is 0 Å². The van der Waals surface area contributed by atoms with Crippen molar-refractivity contribution in [1.29, 1.82) is 0 Å². The first kappa shape index (κ1) is 18.6. The lowest BCUT2D eigenvalue weighted by Crippen LogP contribution is -2.51. The van der Waals surface area contributed by atoms with Crippen molar-refractivity contribution in [3.05, 3.63) is 65.7 Å². The van der Waals surface area contributed by atoms with Crippen LogP contribution in [0.1, 0.15) is 35.7 Å². The Balaban J connectivity index is 1.73. The molecule has 2 unspecified atom stereocenters. The molecule has 2 aromatic carbocycles.